The summed E-state index contributed by atoms with van der Waals surface area (Å²) in [5, 5.41) is 12.2. The van der Waals surface area contributed by atoms with Gasteiger partial charge in [-0.05, 0) is 44.2 Å². The van der Waals surface area contributed by atoms with Gasteiger partial charge < -0.3 is 24.6 Å². The van der Waals surface area contributed by atoms with E-state index in [2.05, 4.69) is 9.88 Å². The predicted molar refractivity (Wildman–Crippen MR) is 102 cm³/mol. The number of amides is 1. The third kappa shape index (κ3) is 3.59. The summed E-state index contributed by atoms with van der Waals surface area (Å²) in [6, 6.07) is 11.7. The second-order valence-corrected chi connectivity index (χ2v) is 6.42. The zero-order valence-electron chi connectivity index (χ0n) is 15.7. The quantitative estimate of drug-likeness (QED) is 0.758. The first-order chi connectivity index (χ1) is 13.0. The molecule has 0 saturated carbocycles. The highest BCUT2D eigenvalue weighted by Gasteiger charge is 2.34. The summed E-state index contributed by atoms with van der Waals surface area (Å²) in [5.74, 6) is -0.886. The highest BCUT2D eigenvalue weighted by molar-refractivity contribution is 6.08. The predicted octanol–water partition coefficient (Wildman–Crippen LogP) is 1.77. The van der Waals surface area contributed by atoms with E-state index < -0.39 is 5.97 Å². The fourth-order valence-corrected chi connectivity index (χ4v) is 3.29. The number of nitrogens with zero attached hydrogens (tertiary/aromatic N) is 2. The molecule has 0 atom stereocenters. The molecule has 1 aromatic carbocycles. The molecule has 2 N–H and O–H groups in total. The Kier molecular flexibility index (Phi) is 5.32. The Morgan fingerprint density at radius 1 is 1.22 bits per heavy atom. The maximum Gasteiger partial charge on any atom is 0.337 e. The third-order valence-electron chi connectivity index (χ3n) is 4.60. The van der Waals surface area contributed by atoms with Crippen molar-refractivity contribution in [2.75, 3.05) is 32.1 Å². The summed E-state index contributed by atoms with van der Waals surface area (Å²) < 4.78 is 6.92. The smallest absolute Gasteiger partial charge is 0.337 e. The molecule has 1 aromatic heterocycles. The summed E-state index contributed by atoms with van der Waals surface area (Å²) >= 11 is 0. The van der Waals surface area contributed by atoms with Crippen LogP contribution in [0.1, 0.15) is 11.4 Å². The monoisotopic (exact) mass is 369 g/mol. The SMILES string of the molecule is COC(=O)C1=C(Nc2cccc(-n3c(C)ccc3C)c2)C(=O)N(CCO)C1. The van der Waals surface area contributed by atoms with Gasteiger partial charge in [-0.25, -0.2) is 4.79 Å². The van der Waals surface area contributed by atoms with Crippen LogP contribution in [0.25, 0.3) is 5.69 Å². The molecule has 7 nitrogen and oxygen atoms in total. The molecule has 0 unspecified atom stereocenters. The van der Waals surface area contributed by atoms with E-state index in [1.807, 2.05) is 50.2 Å². The standard InChI is InChI=1S/C20H23N3O4/c1-13-7-8-14(2)23(13)16-6-4-5-15(11-16)21-18-17(20(26)27-3)12-22(9-10-24)19(18)25/h4-8,11,21,24H,9-10,12H2,1-3H3. The number of carbonyl (C=O) groups is 2. The minimum atomic E-state index is -0.556. The Hall–Kier alpha value is -3.06. The second-order valence-electron chi connectivity index (χ2n) is 6.42. The molecule has 2 aromatic rings. The first kappa shape index (κ1) is 18.7. The van der Waals surface area contributed by atoms with Crippen LogP contribution in [-0.2, 0) is 14.3 Å². The highest BCUT2D eigenvalue weighted by Crippen LogP contribution is 2.25. The zero-order chi connectivity index (χ0) is 19.6. The Bertz CT molecular complexity index is 894. The van der Waals surface area contributed by atoms with Crippen molar-refractivity contribution in [2.45, 2.75) is 13.8 Å². The van der Waals surface area contributed by atoms with E-state index in [0.29, 0.717) is 5.69 Å². The number of aliphatic hydroxyl groups excluding tert-OH is 1. The molecule has 0 fully saturated rings. The van der Waals surface area contributed by atoms with Gasteiger partial charge in [0.2, 0.25) is 0 Å². The molecular formula is C20H23N3O4. The van der Waals surface area contributed by atoms with Crippen LogP contribution in [-0.4, -0.2) is 53.3 Å². The normalized spacial score (nSPS) is 14.1. The van der Waals surface area contributed by atoms with Crippen molar-refractivity contribution in [3.8, 4) is 5.69 Å². The number of nitrogens with one attached hydrogen (secondary N) is 1. The van der Waals surface area contributed by atoms with Crippen LogP contribution in [0.3, 0.4) is 0 Å². The summed E-state index contributed by atoms with van der Waals surface area (Å²) in [4.78, 5) is 26.1. The maximum atomic E-state index is 12.6. The molecule has 1 aliphatic rings. The van der Waals surface area contributed by atoms with Gasteiger partial charge >= 0.3 is 5.97 Å². The van der Waals surface area contributed by atoms with E-state index >= 15 is 0 Å². The number of ether oxygens (including phenoxy) is 1. The van der Waals surface area contributed by atoms with Crippen molar-refractivity contribution in [2.24, 2.45) is 0 Å². The molecule has 2 heterocycles. The van der Waals surface area contributed by atoms with Gasteiger partial charge in [0.05, 0.1) is 25.8 Å². The number of esters is 1. The van der Waals surface area contributed by atoms with Crippen LogP contribution in [0.2, 0.25) is 0 Å². The van der Waals surface area contributed by atoms with Gasteiger partial charge in [0.1, 0.15) is 5.70 Å². The molecule has 27 heavy (non-hydrogen) atoms. The molecule has 7 heteroatoms. The van der Waals surface area contributed by atoms with Crippen LogP contribution < -0.4 is 5.32 Å². The Labute approximate surface area is 157 Å². The number of methoxy groups -OCH3 is 1. The minimum absolute atomic E-state index is 0.115. The van der Waals surface area contributed by atoms with E-state index in [-0.39, 0.29) is 36.9 Å². The van der Waals surface area contributed by atoms with Crippen molar-refractivity contribution in [1.82, 2.24) is 9.47 Å². The van der Waals surface area contributed by atoms with Gasteiger partial charge in [-0.2, -0.15) is 0 Å². The molecule has 0 aliphatic carbocycles. The number of carbonyl (C=O) groups excluding carboxylic acids is 2. The van der Waals surface area contributed by atoms with Crippen molar-refractivity contribution in [1.29, 1.82) is 0 Å². The Morgan fingerprint density at radius 2 is 1.93 bits per heavy atom. The van der Waals surface area contributed by atoms with Crippen molar-refractivity contribution < 1.29 is 19.4 Å². The van der Waals surface area contributed by atoms with E-state index in [1.165, 1.54) is 12.0 Å². The lowest BCUT2D eigenvalue weighted by Gasteiger charge is -2.15. The van der Waals surface area contributed by atoms with Gasteiger partial charge in [0.15, 0.2) is 0 Å². The zero-order valence-corrected chi connectivity index (χ0v) is 15.7. The maximum absolute atomic E-state index is 12.6. The number of hydrogen-bond donors (Lipinski definition) is 2. The van der Waals surface area contributed by atoms with E-state index in [0.717, 1.165) is 17.1 Å². The largest absolute Gasteiger partial charge is 0.466 e. The van der Waals surface area contributed by atoms with Crippen molar-refractivity contribution in [3.63, 3.8) is 0 Å². The lowest BCUT2D eigenvalue weighted by Crippen LogP contribution is -2.31. The van der Waals surface area contributed by atoms with Gasteiger partial charge in [0, 0.05) is 29.3 Å². The number of aromatic nitrogens is 1. The van der Waals surface area contributed by atoms with Crippen LogP contribution in [0.15, 0.2) is 47.7 Å². The summed E-state index contributed by atoms with van der Waals surface area (Å²) in [7, 11) is 1.28. The number of aliphatic hydroxyl groups is 1. The summed E-state index contributed by atoms with van der Waals surface area (Å²) in [6.45, 7) is 4.15. The molecular weight excluding hydrogens is 346 g/mol. The minimum Gasteiger partial charge on any atom is -0.466 e. The number of β-amino-alcohol motifs (C(OH)–C–C–N with tert-alkyl or cyclic N) is 1. The van der Waals surface area contributed by atoms with E-state index in [1.54, 1.807) is 0 Å². The van der Waals surface area contributed by atoms with Crippen LogP contribution in [0.5, 0.6) is 0 Å². The topological polar surface area (TPSA) is 83.8 Å². The van der Waals surface area contributed by atoms with Gasteiger partial charge in [0.25, 0.3) is 5.91 Å². The highest BCUT2D eigenvalue weighted by atomic mass is 16.5. The molecule has 142 valence electrons. The van der Waals surface area contributed by atoms with Gasteiger partial charge in [-0.15, -0.1) is 0 Å². The second kappa shape index (κ2) is 7.67. The molecule has 0 bridgehead atoms. The molecule has 1 amide bonds. The Balaban J connectivity index is 1.94. The number of hydrogen-bond acceptors (Lipinski definition) is 5. The molecule has 0 radical (unpaired) electrons. The lowest BCUT2D eigenvalue weighted by atomic mass is 10.2. The van der Waals surface area contributed by atoms with Crippen LogP contribution in [0, 0.1) is 13.8 Å². The summed E-state index contributed by atoms with van der Waals surface area (Å²) in [6.07, 6.45) is 0. The molecule has 0 saturated heterocycles. The van der Waals surface area contributed by atoms with E-state index in [4.69, 9.17) is 9.84 Å². The average molecular weight is 369 g/mol. The van der Waals surface area contributed by atoms with Crippen LogP contribution >= 0.6 is 0 Å². The molecule has 3 rings (SSSR count). The van der Waals surface area contributed by atoms with Gasteiger partial charge in [-0.1, -0.05) is 6.07 Å². The van der Waals surface area contributed by atoms with E-state index in [9.17, 15) is 9.59 Å². The number of rotatable bonds is 6. The fraction of sp³-hybridized carbons (Fsp3) is 0.300. The third-order valence-corrected chi connectivity index (χ3v) is 4.60. The molecule has 0 spiro atoms. The first-order valence-electron chi connectivity index (χ1n) is 8.70. The molecule has 1 aliphatic heterocycles. The fourth-order valence-electron chi connectivity index (χ4n) is 3.29. The lowest BCUT2D eigenvalue weighted by molar-refractivity contribution is -0.136. The van der Waals surface area contributed by atoms with Crippen molar-refractivity contribution >= 4 is 17.6 Å². The van der Waals surface area contributed by atoms with Crippen molar-refractivity contribution in [3.05, 3.63) is 59.1 Å². The average Bonchev–Trinajstić information content (AvgIpc) is 3.15. The number of aryl methyl sites for hydroxylation is 2. The number of benzene rings is 1. The number of anilines is 1. The first-order valence-corrected chi connectivity index (χ1v) is 8.70. The summed E-state index contributed by atoms with van der Waals surface area (Å²) in [5.41, 5.74) is 4.30. The van der Waals surface area contributed by atoms with Crippen LogP contribution in [0.4, 0.5) is 5.69 Å². The Morgan fingerprint density at radius 3 is 2.56 bits per heavy atom. The van der Waals surface area contributed by atoms with Gasteiger partial charge in [-0.3, -0.25) is 4.79 Å².